The van der Waals surface area contributed by atoms with E-state index in [4.69, 9.17) is 9.47 Å². The average Bonchev–Trinajstić information content (AvgIpc) is 2.73. The van der Waals surface area contributed by atoms with Gasteiger partial charge in [0.05, 0.1) is 13.2 Å². The molecule has 6 heteroatoms. The first-order valence-electron chi connectivity index (χ1n) is 6.68. The molecule has 1 aliphatic heterocycles. The third kappa shape index (κ3) is 5.92. The van der Waals surface area contributed by atoms with Crippen LogP contribution in [0.3, 0.4) is 0 Å². The van der Waals surface area contributed by atoms with Crippen molar-refractivity contribution >= 4 is 12.1 Å². The fraction of sp³-hybridized carbons (Fsp3) is 0.846. The van der Waals surface area contributed by atoms with E-state index in [1.807, 2.05) is 20.8 Å². The third-order valence-corrected chi connectivity index (χ3v) is 2.68. The topological polar surface area (TPSA) is 67.9 Å². The summed E-state index contributed by atoms with van der Waals surface area (Å²) in [6, 6.07) is 0.122. The Labute approximate surface area is 114 Å². The molecule has 0 aromatic heterocycles. The zero-order chi connectivity index (χ0) is 14.5. The molecule has 0 aliphatic carbocycles. The van der Waals surface area contributed by atoms with Gasteiger partial charge < -0.3 is 19.7 Å². The van der Waals surface area contributed by atoms with Crippen LogP contribution in [0.1, 0.15) is 34.1 Å². The van der Waals surface area contributed by atoms with Crippen LogP contribution in [-0.4, -0.2) is 54.8 Å². The standard InChI is InChI=1S/C13H24N2O4/c1-5-18-11(16)8-14-10-6-7-15(9-10)12(17)19-13(2,3)4/h10,14H,5-9H2,1-4H3. The molecule has 0 bridgehead atoms. The lowest BCUT2D eigenvalue weighted by Crippen LogP contribution is -2.39. The lowest BCUT2D eigenvalue weighted by atomic mass is 10.2. The molecular formula is C13H24N2O4. The largest absolute Gasteiger partial charge is 0.465 e. The van der Waals surface area contributed by atoms with E-state index in [1.165, 1.54) is 0 Å². The predicted octanol–water partition coefficient (Wildman–Crippen LogP) is 1.15. The van der Waals surface area contributed by atoms with Crippen LogP contribution in [0.5, 0.6) is 0 Å². The van der Waals surface area contributed by atoms with Gasteiger partial charge in [-0.3, -0.25) is 4.79 Å². The number of nitrogens with one attached hydrogen (secondary N) is 1. The number of carbonyl (C=O) groups excluding carboxylic acids is 2. The number of likely N-dealkylation sites (tertiary alicyclic amines) is 1. The van der Waals surface area contributed by atoms with Crippen LogP contribution in [0.15, 0.2) is 0 Å². The zero-order valence-corrected chi connectivity index (χ0v) is 12.2. The van der Waals surface area contributed by atoms with Crippen molar-refractivity contribution < 1.29 is 19.1 Å². The molecule has 1 saturated heterocycles. The van der Waals surface area contributed by atoms with Crippen molar-refractivity contribution in [3.63, 3.8) is 0 Å². The fourth-order valence-electron chi connectivity index (χ4n) is 1.86. The molecule has 1 aliphatic rings. The van der Waals surface area contributed by atoms with Gasteiger partial charge in [0, 0.05) is 19.1 Å². The summed E-state index contributed by atoms with van der Waals surface area (Å²) in [6.45, 7) is 9.09. The highest BCUT2D eigenvalue weighted by Gasteiger charge is 2.29. The van der Waals surface area contributed by atoms with E-state index < -0.39 is 5.60 Å². The second-order valence-electron chi connectivity index (χ2n) is 5.60. The van der Waals surface area contributed by atoms with Crippen LogP contribution in [0.4, 0.5) is 4.79 Å². The van der Waals surface area contributed by atoms with E-state index in [9.17, 15) is 9.59 Å². The molecule has 0 aromatic rings. The highest BCUT2D eigenvalue weighted by molar-refractivity contribution is 5.71. The van der Waals surface area contributed by atoms with Gasteiger partial charge in [0.1, 0.15) is 5.60 Å². The van der Waals surface area contributed by atoms with E-state index in [-0.39, 0.29) is 24.6 Å². The molecule has 6 nitrogen and oxygen atoms in total. The minimum atomic E-state index is -0.479. The van der Waals surface area contributed by atoms with Gasteiger partial charge in [0.2, 0.25) is 0 Å². The Morgan fingerprint density at radius 1 is 1.37 bits per heavy atom. The lowest BCUT2D eigenvalue weighted by Gasteiger charge is -2.24. The van der Waals surface area contributed by atoms with Crippen molar-refractivity contribution in [3.05, 3.63) is 0 Å². The molecule has 19 heavy (non-hydrogen) atoms. The zero-order valence-electron chi connectivity index (χ0n) is 12.2. The summed E-state index contributed by atoms with van der Waals surface area (Å²) in [5.74, 6) is -0.266. The highest BCUT2D eigenvalue weighted by atomic mass is 16.6. The Morgan fingerprint density at radius 2 is 2.05 bits per heavy atom. The Balaban J connectivity index is 2.29. The Morgan fingerprint density at radius 3 is 2.63 bits per heavy atom. The smallest absolute Gasteiger partial charge is 0.410 e. The van der Waals surface area contributed by atoms with E-state index >= 15 is 0 Å². The van der Waals surface area contributed by atoms with Crippen LogP contribution in [0.25, 0.3) is 0 Å². The second-order valence-corrected chi connectivity index (χ2v) is 5.60. The molecule has 1 amide bonds. The van der Waals surface area contributed by atoms with Crippen molar-refractivity contribution in [2.24, 2.45) is 0 Å². The van der Waals surface area contributed by atoms with Gasteiger partial charge >= 0.3 is 12.1 Å². The molecule has 0 spiro atoms. The number of nitrogens with zero attached hydrogens (tertiary/aromatic N) is 1. The summed E-state index contributed by atoms with van der Waals surface area (Å²) in [6.07, 6.45) is 0.520. The molecule has 1 N–H and O–H groups in total. The fourth-order valence-corrected chi connectivity index (χ4v) is 1.86. The van der Waals surface area contributed by atoms with E-state index in [0.717, 1.165) is 6.42 Å². The molecule has 110 valence electrons. The highest BCUT2D eigenvalue weighted by Crippen LogP contribution is 2.15. The Kier molecular flexibility index (Phi) is 5.60. The molecule has 1 unspecified atom stereocenters. The summed E-state index contributed by atoms with van der Waals surface area (Å²) in [5, 5.41) is 3.09. The SMILES string of the molecule is CCOC(=O)CNC1CCN(C(=O)OC(C)(C)C)C1. The van der Waals surface area contributed by atoms with Gasteiger partial charge in [0.25, 0.3) is 0 Å². The van der Waals surface area contributed by atoms with Crippen LogP contribution in [0, 0.1) is 0 Å². The Bertz CT molecular complexity index is 325. The maximum atomic E-state index is 11.8. The summed E-state index contributed by atoms with van der Waals surface area (Å²) >= 11 is 0. The first kappa shape index (κ1) is 15.8. The monoisotopic (exact) mass is 272 g/mol. The van der Waals surface area contributed by atoms with Gasteiger partial charge in [0.15, 0.2) is 0 Å². The maximum absolute atomic E-state index is 11.8. The molecule has 0 radical (unpaired) electrons. The normalized spacial score (nSPS) is 19.4. The van der Waals surface area contributed by atoms with Crippen molar-refractivity contribution in [2.75, 3.05) is 26.2 Å². The average molecular weight is 272 g/mol. The molecule has 1 heterocycles. The molecule has 1 rings (SSSR count). The lowest BCUT2D eigenvalue weighted by molar-refractivity contribution is -0.142. The number of hydrogen-bond acceptors (Lipinski definition) is 5. The summed E-state index contributed by atoms with van der Waals surface area (Å²) in [4.78, 5) is 24.7. The summed E-state index contributed by atoms with van der Waals surface area (Å²) in [5.41, 5.74) is -0.479. The van der Waals surface area contributed by atoms with Crippen LogP contribution >= 0.6 is 0 Å². The van der Waals surface area contributed by atoms with Crippen LogP contribution in [0.2, 0.25) is 0 Å². The number of esters is 1. The van der Waals surface area contributed by atoms with Gasteiger partial charge in [-0.2, -0.15) is 0 Å². The third-order valence-electron chi connectivity index (χ3n) is 2.68. The first-order valence-corrected chi connectivity index (χ1v) is 6.68. The van der Waals surface area contributed by atoms with Crippen molar-refractivity contribution in [1.29, 1.82) is 0 Å². The Hall–Kier alpha value is -1.30. The minimum absolute atomic E-state index is 0.122. The second kappa shape index (κ2) is 6.75. The van der Waals surface area contributed by atoms with Gasteiger partial charge in [-0.05, 0) is 34.1 Å². The van der Waals surface area contributed by atoms with E-state index in [0.29, 0.717) is 19.7 Å². The van der Waals surface area contributed by atoms with Gasteiger partial charge in [-0.25, -0.2) is 4.79 Å². The number of carbonyl (C=O) groups is 2. The summed E-state index contributed by atoms with van der Waals surface area (Å²) in [7, 11) is 0. The molecule has 0 aromatic carbocycles. The molecule has 1 atom stereocenters. The van der Waals surface area contributed by atoms with Crippen LogP contribution < -0.4 is 5.32 Å². The van der Waals surface area contributed by atoms with E-state index in [1.54, 1.807) is 11.8 Å². The number of ether oxygens (including phenoxy) is 2. The quantitative estimate of drug-likeness (QED) is 0.778. The summed E-state index contributed by atoms with van der Waals surface area (Å²) < 4.78 is 10.1. The van der Waals surface area contributed by atoms with Crippen molar-refractivity contribution in [1.82, 2.24) is 10.2 Å². The van der Waals surface area contributed by atoms with Crippen LogP contribution in [-0.2, 0) is 14.3 Å². The maximum Gasteiger partial charge on any atom is 0.410 e. The minimum Gasteiger partial charge on any atom is -0.465 e. The van der Waals surface area contributed by atoms with Gasteiger partial charge in [-0.15, -0.1) is 0 Å². The predicted molar refractivity (Wildman–Crippen MR) is 70.8 cm³/mol. The number of hydrogen-bond donors (Lipinski definition) is 1. The molecule has 0 saturated carbocycles. The van der Waals surface area contributed by atoms with E-state index in [2.05, 4.69) is 5.32 Å². The van der Waals surface area contributed by atoms with Gasteiger partial charge in [-0.1, -0.05) is 0 Å². The first-order chi connectivity index (χ1) is 8.81. The molecule has 1 fully saturated rings. The van der Waals surface area contributed by atoms with Crippen molar-refractivity contribution in [3.8, 4) is 0 Å². The molecular weight excluding hydrogens is 248 g/mol. The number of amides is 1. The number of rotatable bonds is 4. The van der Waals surface area contributed by atoms with Crippen molar-refractivity contribution in [2.45, 2.75) is 45.8 Å².